The van der Waals surface area contributed by atoms with E-state index in [1.807, 2.05) is 0 Å². The number of amides is 1. The number of likely N-dealkylation sites (tertiary alicyclic amines) is 1. The standard InChI is InChI=1S/C18H24N4O2/c23-16(19-13-3-4-13)14-9-22-11-18(7-15(22)20-17(14)24)5-6-21(10-18)8-12-1-2-12/h9,12-13H,1-8,10-11H2,(H,19,23). The van der Waals surface area contributed by atoms with Crippen LogP contribution in [0, 0.1) is 11.3 Å². The van der Waals surface area contributed by atoms with Gasteiger partial charge in [-0.1, -0.05) is 0 Å². The molecule has 2 aliphatic heterocycles. The van der Waals surface area contributed by atoms with Crippen LogP contribution in [0.25, 0.3) is 0 Å². The van der Waals surface area contributed by atoms with Gasteiger partial charge in [-0.2, -0.15) is 4.98 Å². The van der Waals surface area contributed by atoms with Crippen LogP contribution < -0.4 is 10.9 Å². The summed E-state index contributed by atoms with van der Waals surface area (Å²) in [6.07, 6.45) is 8.60. The first kappa shape index (κ1) is 14.6. The topological polar surface area (TPSA) is 67.2 Å². The van der Waals surface area contributed by atoms with Crippen molar-refractivity contribution < 1.29 is 4.79 Å². The van der Waals surface area contributed by atoms with Crippen LogP contribution in [0.5, 0.6) is 0 Å². The van der Waals surface area contributed by atoms with Crippen molar-refractivity contribution in [3.63, 3.8) is 0 Å². The molecule has 3 heterocycles. The van der Waals surface area contributed by atoms with Gasteiger partial charge in [-0.3, -0.25) is 9.59 Å². The largest absolute Gasteiger partial charge is 0.349 e. The second-order valence-corrected chi connectivity index (χ2v) is 8.36. The Morgan fingerprint density at radius 3 is 2.88 bits per heavy atom. The van der Waals surface area contributed by atoms with Crippen molar-refractivity contribution in [1.82, 2.24) is 19.8 Å². The van der Waals surface area contributed by atoms with E-state index < -0.39 is 0 Å². The Kier molecular flexibility index (Phi) is 3.14. The lowest BCUT2D eigenvalue weighted by Gasteiger charge is -2.22. The normalized spacial score (nSPS) is 29.2. The summed E-state index contributed by atoms with van der Waals surface area (Å²) in [5, 5.41) is 2.90. The van der Waals surface area contributed by atoms with Crippen LogP contribution in [0.1, 0.15) is 48.3 Å². The maximum atomic E-state index is 12.2. The van der Waals surface area contributed by atoms with Gasteiger partial charge in [0.2, 0.25) is 0 Å². The highest BCUT2D eigenvalue weighted by Gasteiger charge is 2.44. The van der Waals surface area contributed by atoms with Gasteiger partial charge in [0.25, 0.3) is 11.5 Å². The van der Waals surface area contributed by atoms with Gasteiger partial charge < -0.3 is 14.8 Å². The molecule has 1 amide bonds. The Balaban J connectivity index is 1.34. The molecular weight excluding hydrogens is 304 g/mol. The molecule has 3 fully saturated rings. The number of carbonyl (C=O) groups is 1. The maximum Gasteiger partial charge on any atom is 0.285 e. The van der Waals surface area contributed by atoms with Gasteiger partial charge in [0.1, 0.15) is 11.4 Å². The average Bonchev–Trinajstić information content (AvgIpc) is 3.45. The van der Waals surface area contributed by atoms with Gasteiger partial charge in [0, 0.05) is 43.7 Å². The molecule has 0 radical (unpaired) electrons. The van der Waals surface area contributed by atoms with E-state index in [2.05, 4.69) is 19.8 Å². The molecule has 1 atom stereocenters. The lowest BCUT2D eigenvalue weighted by Crippen LogP contribution is -2.32. The van der Waals surface area contributed by atoms with Crippen molar-refractivity contribution >= 4 is 5.91 Å². The third-order valence-corrected chi connectivity index (χ3v) is 6.00. The highest BCUT2D eigenvalue weighted by molar-refractivity contribution is 5.93. The molecule has 2 aliphatic carbocycles. The van der Waals surface area contributed by atoms with Gasteiger partial charge in [0.15, 0.2) is 0 Å². The van der Waals surface area contributed by atoms with Crippen molar-refractivity contribution in [2.24, 2.45) is 11.3 Å². The second kappa shape index (κ2) is 5.15. The fourth-order valence-corrected chi connectivity index (χ4v) is 4.33. The molecule has 0 bridgehead atoms. The molecule has 1 aromatic heterocycles. The lowest BCUT2D eigenvalue weighted by molar-refractivity contribution is 0.0948. The molecule has 2 saturated carbocycles. The van der Waals surface area contributed by atoms with Crippen LogP contribution in [0.4, 0.5) is 0 Å². The first-order chi connectivity index (χ1) is 11.6. The Hall–Kier alpha value is -1.69. The zero-order valence-corrected chi connectivity index (χ0v) is 14.0. The fraction of sp³-hybridized carbons (Fsp3) is 0.722. The summed E-state index contributed by atoms with van der Waals surface area (Å²) >= 11 is 0. The zero-order chi connectivity index (χ0) is 16.3. The molecule has 5 rings (SSSR count). The number of fused-ring (bicyclic) bond motifs is 1. The van der Waals surface area contributed by atoms with Crippen molar-refractivity contribution in [2.75, 3.05) is 19.6 Å². The Morgan fingerprint density at radius 2 is 2.12 bits per heavy atom. The molecule has 1 unspecified atom stereocenters. The predicted octanol–water partition coefficient (Wildman–Crippen LogP) is 0.794. The van der Waals surface area contributed by atoms with Crippen LogP contribution in [-0.4, -0.2) is 46.0 Å². The molecule has 128 valence electrons. The molecule has 6 nitrogen and oxygen atoms in total. The quantitative estimate of drug-likeness (QED) is 0.887. The Morgan fingerprint density at radius 1 is 1.29 bits per heavy atom. The lowest BCUT2D eigenvalue weighted by atomic mass is 9.86. The Bertz CT molecular complexity index is 750. The van der Waals surface area contributed by atoms with Crippen LogP contribution in [0.15, 0.2) is 11.0 Å². The average molecular weight is 328 g/mol. The number of carbonyl (C=O) groups excluding carboxylic acids is 1. The molecule has 1 saturated heterocycles. The molecule has 1 N–H and O–H groups in total. The highest BCUT2D eigenvalue weighted by atomic mass is 16.2. The molecule has 1 aromatic rings. The summed E-state index contributed by atoms with van der Waals surface area (Å²) in [6, 6.07) is 0.257. The van der Waals surface area contributed by atoms with Gasteiger partial charge in [-0.25, -0.2) is 0 Å². The van der Waals surface area contributed by atoms with Gasteiger partial charge in [-0.05, 0) is 44.6 Å². The van der Waals surface area contributed by atoms with E-state index in [4.69, 9.17) is 0 Å². The van der Waals surface area contributed by atoms with E-state index in [9.17, 15) is 9.59 Å². The number of aromatic nitrogens is 2. The van der Waals surface area contributed by atoms with Crippen LogP contribution in [-0.2, 0) is 13.0 Å². The summed E-state index contributed by atoms with van der Waals surface area (Å²) in [7, 11) is 0. The minimum absolute atomic E-state index is 0.204. The van der Waals surface area contributed by atoms with Crippen LogP contribution >= 0.6 is 0 Å². The highest BCUT2D eigenvalue weighted by Crippen LogP contribution is 2.41. The molecule has 0 aromatic carbocycles. The second-order valence-electron chi connectivity index (χ2n) is 8.36. The molecule has 4 aliphatic rings. The third-order valence-electron chi connectivity index (χ3n) is 6.00. The van der Waals surface area contributed by atoms with E-state index >= 15 is 0 Å². The van der Waals surface area contributed by atoms with E-state index in [0.717, 1.165) is 50.6 Å². The fourth-order valence-electron chi connectivity index (χ4n) is 4.33. The van der Waals surface area contributed by atoms with Crippen LogP contribution in [0.3, 0.4) is 0 Å². The first-order valence-electron chi connectivity index (χ1n) is 9.24. The van der Waals surface area contributed by atoms with Crippen molar-refractivity contribution in [2.45, 2.75) is 51.1 Å². The number of hydrogen-bond donors (Lipinski definition) is 1. The van der Waals surface area contributed by atoms with Gasteiger partial charge >= 0.3 is 0 Å². The number of rotatable bonds is 4. The first-order valence-corrected chi connectivity index (χ1v) is 9.24. The van der Waals surface area contributed by atoms with Crippen molar-refractivity contribution in [1.29, 1.82) is 0 Å². The van der Waals surface area contributed by atoms with E-state index in [1.165, 1.54) is 25.8 Å². The molecular formula is C18H24N4O2. The molecule has 6 heteroatoms. The SMILES string of the molecule is O=C(NC1CC1)c1cn2c(nc1=O)CC1(CCN(CC3CC3)C1)C2. The summed E-state index contributed by atoms with van der Waals surface area (Å²) in [6.45, 7) is 4.38. The minimum Gasteiger partial charge on any atom is -0.349 e. The molecule has 1 spiro atoms. The number of nitrogens with zero attached hydrogens (tertiary/aromatic N) is 3. The summed E-state index contributed by atoms with van der Waals surface area (Å²) in [4.78, 5) is 31.3. The monoisotopic (exact) mass is 328 g/mol. The number of hydrogen-bond acceptors (Lipinski definition) is 4. The molecule has 24 heavy (non-hydrogen) atoms. The number of nitrogens with one attached hydrogen (secondary N) is 1. The third kappa shape index (κ3) is 2.66. The van der Waals surface area contributed by atoms with E-state index in [0.29, 0.717) is 0 Å². The van der Waals surface area contributed by atoms with Crippen LogP contribution in [0.2, 0.25) is 0 Å². The Labute approximate surface area is 141 Å². The maximum absolute atomic E-state index is 12.2. The van der Waals surface area contributed by atoms with Gasteiger partial charge in [0.05, 0.1) is 0 Å². The van der Waals surface area contributed by atoms with Gasteiger partial charge in [-0.15, -0.1) is 0 Å². The van der Waals surface area contributed by atoms with E-state index in [-0.39, 0.29) is 28.5 Å². The zero-order valence-electron chi connectivity index (χ0n) is 14.0. The smallest absolute Gasteiger partial charge is 0.285 e. The summed E-state index contributed by atoms with van der Waals surface area (Å²) in [5.41, 5.74) is 0.0484. The minimum atomic E-state index is -0.371. The summed E-state index contributed by atoms with van der Waals surface area (Å²) < 4.78 is 2.06. The predicted molar refractivity (Wildman–Crippen MR) is 88.9 cm³/mol. The van der Waals surface area contributed by atoms with Crippen molar-refractivity contribution in [3.05, 3.63) is 27.9 Å². The van der Waals surface area contributed by atoms with Crippen molar-refractivity contribution in [3.8, 4) is 0 Å². The van der Waals surface area contributed by atoms with E-state index in [1.54, 1.807) is 6.20 Å². The summed E-state index contributed by atoms with van der Waals surface area (Å²) in [5.74, 6) is 1.52.